The molecule has 2 fully saturated rings. The first-order chi connectivity index (χ1) is 9.42. The summed E-state index contributed by atoms with van der Waals surface area (Å²) < 4.78 is 36.4. The molecule has 1 amide bonds. The molecule has 1 saturated heterocycles. The molecule has 0 radical (unpaired) electrons. The van der Waals surface area contributed by atoms with E-state index in [1.54, 1.807) is 0 Å². The van der Waals surface area contributed by atoms with E-state index in [1.165, 1.54) is 0 Å². The zero-order valence-electron chi connectivity index (χ0n) is 11.9. The molecule has 20 heavy (non-hydrogen) atoms. The second-order valence-electron chi connectivity index (χ2n) is 5.98. The molecule has 1 heterocycles. The second-order valence-corrected chi connectivity index (χ2v) is 5.98. The lowest BCUT2D eigenvalue weighted by Crippen LogP contribution is -2.33. The van der Waals surface area contributed by atoms with Gasteiger partial charge in [0, 0.05) is 32.1 Å². The molecule has 2 aliphatic rings. The van der Waals surface area contributed by atoms with Gasteiger partial charge in [-0.1, -0.05) is 19.8 Å². The molecule has 0 aromatic rings. The number of carbonyl (C=O) groups is 1. The maximum Gasteiger partial charge on any atom is 0.390 e. The number of nitrogens with one attached hydrogen (secondary N) is 1. The molecule has 1 N–H and O–H groups in total. The molecule has 0 spiro atoms. The summed E-state index contributed by atoms with van der Waals surface area (Å²) in [5.41, 5.74) is 0. The van der Waals surface area contributed by atoms with Crippen LogP contribution in [-0.2, 0) is 4.79 Å². The van der Waals surface area contributed by atoms with Crippen LogP contribution in [0.15, 0.2) is 0 Å². The predicted octanol–water partition coefficient (Wildman–Crippen LogP) is 2.42. The van der Waals surface area contributed by atoms with E-state index in [1.807, 2.05) is 4.90 Å². The highest BCUT2D eigenvalue weighted by Crippen LogP contribution is 2.51. The van der Waals surface area contributed by atoms with E-state index in [4.69, 9.17) is 0 Å². The predicted molar refractivity (Wildman–Crippen MR) is 70.1 cm³/mol. The standard InChI is InChI=1S/C14H23F3N2O/c1-2-3-4-6-18-13(20)12-10-8-19(9-11(10)12)7-5-14(15,16)17/h10-12H,2-9H2,1H3,(H,18,20). The van der Waals surface area contributed by atoms with E-state index < -0.39 is 12.6 Å². The van der Waals surface area contributed by atoms with Crippen LogP contribution in [-0.4, -0.2) is 43.2 Å². The molecular formula is C14H23F3N2O. The lowest BCUT2D eigenvalue weighted by atomic mass is 10.2. The number of nitrogens with zero attached hydrogens (tertiary/aromatic N) is 1. The highest BCUT2D eigenvalue weighted by atomic mass is 19.4. The fraction of sp³-hybridized carbons (Fsp3) is 0.929. The summed E-state index contributed by atoms with van der Waals surface area (Å²) in [6.45, 7) is 4.20. The third-order valence-electron chi connectivity index (χ3n) is 4.36. The van der Waals surface area contributed by atoms with Crippen molar-refractivity contribution in [2.45, 2.75) is 38.8 Å². The molecule has 2 rings (SSSR count). The van der Waals surface area contributed by atoms with E-state index >= 15 is 0 Å². The van der Waals surface area contributed by atoms with Gasteiger partial charge in [0.1, 0.15) is 0 Å². The number of amides is 1. The van der Waals surface area contributed by atoms with Crippen molar-refractivity contribution >= 4 is 5.91 Å². The second kappa shape index (κ2) is 6.33. The fourth-order valence-corrected chi connectivity index (χ4v) is 3.17. The van der Waals surface area contributed by atoms with Crippen LogP contribution in [0.3, 0.4) is 0 Å². The summed E-state index contributed by atoms with van der Waals surface area (Å²) in [7, 11) is 0. The van der Waals surface area contributed by atoms with Crippen LogP contribution in [0.4, 0.5) is 13.2 Å². The van der Waals surface area contributed by atoms with Gasteiger partial charge in [0.2, 0.25) is 5.91 Å². The molecule has 1 saturated carbocycles. The normalized spacial score (nSPS) is 29.3. The summed E-state index contributed by atoms with van der Waals surface area (Å²) in [6, 6.07) is 0. The topological polar surface area (TPSA) is 32.3 Å². The number of alkyl halides is 3. The van der Waals surface area contributed by atoms with Crippen LogP contribution in [0.1, 0.15) is 32.6 Å². The van der Waals surface area contributed by atoms with E-state index in [0.717, 1.165) is 25.8 Å². The van der Waals surface area contributed by atoms with Crippen LogP contribution in [0.5, 0.6) is 0 Å². The number of unbranched alkanes of at least 4 members (excludes halogenated alkanes) is 2. The highest BCUT2D eigenvalue weighted by Gasteiger charge is 2.59. The van der Waals surface area contributed by atoms with Crippen LogP contribution in [0.2, 0.25) is 0 Å². The molecule has 116 valence electrons. The van der Waals surface area contributed by atoms with E-state index in [-0.39, 0.29) is 30.2 Å². The first kappa shape index (κ1) is 15.6. The van der Waals surface area contributed by atoms with Gasteiger partial charge < -0.3 is 10.2 Å². The number of fused-ring (bicyclic) bond motifs is 1. The van der Waals surface area contributed by atoms with Crippen LogP contribution in [0.25, 0.3) is 0 Å². The number of rotatable bonds is 7. The molecule has 2 unspecified atom stereocenters. The van der Waals surface area contributed by atoms with Gasteiger partial charge >= 0.3 is 6.18 Å². The Kier molecular flexibility index (Phi) is 4.94. The van der Waals surface area contributed by atoms with Gasteiger partial charge in [0.15, 0.2) is 0 Å². The smallest absolute Gasteiger partial charge is 0.356 e. The van der Waals surface area contributed by atoms with Crippen molar-refractivity contribution in [1.82, 2.24) is 10.2 Å². The van der Waals surface area contributed by atoms with Crippen molar-refractivity contribution < 1.29 is 18.0 Å². The minimum absolute atomic E-state index is 0.0544. The third-order valence-corrected chi connectivity index (χ3v) is 4.36. The number of hydrogen-bond acceptors (Lipinski definition) is 2. The van der Waals surface area contributed by atoms with E-state index in [0.29, 0.717) is 13.1 Å². The molecule has 1 aliphatic heterocycles. The van der Waals surface area contributed by atoms with Crippen molar-refractivity contribution in [2.24, 2.45) is 17.8 Å². The number of likely N-dealkylation sites (tertiary alicyclic amines) is 1. The Morgan fingerprint density at radius 1 is 1.25 bits per heavy atom. The molecular weight excluding hydrogens is 269 g/mol. The Bertz CT molecular complexity index is 334. The fourth-order valence-electron chi connectivity index (χ4n) is 3.17. The van der Waals surface area contributed by atoms with Crippen molar-refractivity contribution in [3.05, 3.63) is 0 Å². The summed E-state index contributed by atoms with van der Waals surface area (Å²) in [4.78, 5) is 13.7. The Morgan fingerprint density at radius 2 is 1.90 bits per heavy atom. The highest BCUT2D eigenvalue weighted by molar-refractivity contribution is 5.82. The van der Waals surface area contributed by atoms with E-state index in [2.05, 4.69) is 12.2 Å². The SMILES string of the molecule is CCCCCNC(=O)C1C2CN(CCC(F)(F)F)CC21. The Labute approximate surface area is 117 Å². The summed E-state index contributed by atoms with van der Waals surface area (Å²) in [6.07, 6.45) is -1.59. The average Bonchev–Trinajstić information content (AvgIpc) is 2.87. The van der Waals surface area contributed by atoms with Crippen molar-refractivity contribution in [3.8, 4) is 0 Å². The molecule has 6 heteroatoms. The quantitative estimate of drug-likeness (QED) is 0.731. The molecule has 1 aliphatic carbocycles. The largest absolute Gasteiger partial charge is 0.390 e. The number of halogens is 3. The maximum atomic E-state index is 12.1. The van der Waals surface area contributed by atoms with Crippen LogP contribution < -0.4 is 5.32 Å². The van der Waals surface area contributed by atoms with Gasteiger partial charge in [-0.2, -0.15) is 13.2 Å². The number of carbonyl (C=O) groups excluding carboxylic acids is 1. The van der Waals surface area contributed by atoms with Crippen molar-refractivity contribution in [1.29, 1.82) is 0 Å². The molecule has 2 atom stereocenters. The minimum Gasteiger partial charge on any atom is -0.356 e. The minimum atomic E-state index is -4.08. The zero-order valence-corrected chi connectivity index (χ0v) is 11.9. The van der Waals surface area contributed by atoms with E-state index in [9.17, 15) is 18.0 Å². The van der Waals surface area contributed by atoms with Gasteiger partial charge in [-0.15, -0.1) is 0 Å². The zero-order chi connectivity index (χ0) is 14.8. The summed E-state index contributed by atoms with van der Waals surface area (Å²) >= 11 is 0. The molecule has 0 aromatic carbocycles. The first-order valence-corrected chi connectivity index (χ1v) is 7.49. The lowest BCUT2D eigenvalue weighted by Gasteiger charge is -2.19. The average molecular weight is 292 g/mol. The van der Waals surface area contributed by atoms with Crippen LogP contribution in [0, 0.1) is 17.8 Å². The Morgan fingerprint density at radius 3 is 2.45 bits per heavy atom. The number of piperidine rings is 1. The van der Waals surface area contributed by atoms with Gasteiger partial charge in [-0.05, 0) is 18.3 Å². The monoisotopic (exact) mass is 292 g/mol. The van der Waals surface area contributed by atoms with Gasteiger partial charge in [-0.3, -0.25) is 4.79 Å². The lowest BCUT2D eigenvalue weighted by molar-refractivity contribution is -0.138. The van der Waals surface area contributed by atoms with Crippen molar-refractivity contribution in [3.63, 3.8) is 0 Å². The van der Waals surface area contributed by atoms with Crippen molar-refractivity contribution in [2.75, 3.05) is 26.2 Å². The van der Waals surface area contributed by atoms with Gasteiger partial charge in [0.25, 0.3) is 0 Å². The summed E-state index contributed by atoms with van der Waals surface area (Å²) in [5, 5.41) is 2.94. The molecule has 3 nitrogen and oxygen atoms in total. The third kappa shape index (κ3) is 4.11. The van der Waals surface area contributed by atoms with Crippen LogP contribution >= 0.6 is 0 Å². The van der Waals surface area contributed by atoms with Gasteiger partial charge in [0.05, 0.1) is 6.42 Å². The Balaban J connectivity index is 1.61. The number of hydrogen-bond donors (Lipinski definition) is 1. The van der Waals surface area contributed by atoms with Gasteiger partial charge in [-0.25, -0.2) is 0 Å². The molecule has 0 aromatic heterocycles. The summed E-state index contributed by atoms with van der Waals surface area (Å²) in [5.74, 6) is 0.731. The molecule has 0 bridgehead atoms. The first-order valence-electron chi connectivity index (χ1n) is 7.49. The Hall–Kier alpha value is -0.780. The maximum absolute atomic E-state index is 12.1.